The molecule has 0 bridgehead atoms. The Morgan fingerprint density at radius 3 is 2.48 bits per heavy atom. The number of aromatic nitrogens is 2. The number of carbonyl (C=O) groups is 1. The van der Waals surface area contributed by atoms with Crippen molar-refractivity contribution in [3.05, 3.63) is 36.5 Å². The Hall–Kier alpha value is -2.14. The topological polar surface area (TPSA) is 50.2 Å². The van der Waals surface area contributed by atoms with Crippen LogP contribution in [0, 0.1) is 5.92 Å². The number of benzene rings is 1. The Balaban J connectivity index is 1.72. The van der Waals surface area contributed by atoms with Crippen molar-refractivity contribution >= 4 is 11.7 Å². The van der Waals surface area contributed by atoms with Crippen LogP contribution in [-0.2, 0) is 10.3 Å². The van der Waals surface area contributed by atoms with E-state index in [2.05, 4.69) is 55.3 Å². The summed E-state index contributed by atoms with van der Waals surface area (Å²) in [6, 6.07) is 10.1. The zero-order valence-electron chi connectivity index (χ0n) is 17.0. The number of nitrogens with zero attached hydrogens (tertiary/aromatic N) is 3. The van der Waals surface area contributed by atoms with E-state index in [-0.39, 0.29) is 11.4 Å². The summed E-state index contributed by atoms with van der Waals surface area (Å²) in [5, 5.41) is 7.74. The van der Waals surface area contributed by atoms with E-state index in [9.17, 15) is 4.79 Å². The summed E-state index contributed by atoms with van der Waals surface area (Å²) in [5.41, 5.74) is 1.83. The van der Waals surface area contributed by atoms with Crippen molar-refractivity contribution in [2.45, 2.75) is 52.0 Å². The third kappa shape index (κ3) is 4.98. The second-order valence-corrected chi connectivity index (χ2v) is 8.69. The van der Waals surface area contributed by atoms with E-state index in [1.807, 2.05) is 29.1 Å². The average Bonchev–Trinajstić information content (AvgIpc) is 3.06. The van der Waals surface area contributed by atoms with Crippen LogP contribution in [0.25, 0.3) is 11.1 Å². The van der Waals surface area contributed by atoms with E-state index in [1.54, 1.807) is 0 Å². The highest BCUT2D eigenvalue weighted by Gasteiger charge is 2.24. The van der Waals surface area contributed by atoms with Gasteiger partial charge in [-0.25, -0.2) is 4.68 Å². The van der Waals surface area contributed by atoms with Crippen LogP contribution in [0.3, 0.4) is 0 Å². The fraction of sp³-hybridized carbons (Fsp3) is 0.545. The quantitative estimate of drug-likeness (QED) is 0.853. The molecule has 0 saturated carbocycles. The van der Waals surface area contributed by atoms with Crippen molar-refractivity contribution < 1.29 is 4.79 Å². The zero-order valence-corrected chi connectivity index (χ0v) is 17.0. The smallest absolute Gasteiger partial charge is 0.225 e. The van der Waals surface area contributed by atoms with Gasteiger partial charge in [-0.05, 0) is 71.7 Å². The molecule has 0 atom stereocenters. The molecule has 0 unspecified atom stereocenters. The van der Waals surface area contributed by atoms with Crippen molar-refractivity contribution in [2.75, 3.05) is 25.5 Å². The Labute approximate surface area is 162 Å². The molecular formula is C22H32N4O. The lowest BCUT2D eigenvalue weighted by molar-refractivity contribution is -0.116. The highest BCUT2D eigenvalue weighted by Crippen LogP contribution is 2.32. The van der Waals surface area contributed by atoms with Gasteiger partial charge in [0.05, 0.1) is 11.7 Å². The first-order chi connectivity index (χ1) is 12.8. The molecule has 1 fully saturated rings. The first-order valence-electron chi connectivity index (χ1n) is 9.97. The van der Waals surface area contributed by atoms with Crippen LogP contribution in [0.4, 0.5) is 5.82 Å². The van der Waals surface area contributed by atoms with Crippen LogP contribution >= 0.6 is 0 Å². The predicted octanol–water partition coefficient (Wildman–Crippen LogP) is 4.37. The molecule has 0 aliphatic carbocycles. The van der Waals surface area contributed by atoms with Crippen LogP contribution in [0.2, 0.25) is 0 Å². The van der Waals surface area contributed by atoms with Gasteiger partial charge in [0.1, 0.15) is 5.82 Å². The van der Waals surface area contributed by atoms with Gasteiger partial charge in [-0.2, -0.15) is 5.10 Å². The lowest BCUT2D eigenvalue weighted by Gasteiger charge is -2.28. The number of amides is 1. The third-order valence-electron chi connectivity index (χ3n) is 5.37. The molecular weight excluding hydrogens is 336 g/mol. The second kappa shape index (κ2) is 8.26. The number of anilines is 1. The van der Waals surface area contributed by atoms with Gasteiger partial charge in [0.25, 0.3) is 0 Å². The minimum absolute atomic E-state index is 0.0807. The number of piperidine rings is 1. The predicted molar refractivity (Wildman–Crippen MR) is 111 cm³/mol. The Morgan fingerprint density at radius 2 is 1.85 bits per heavy atom. The minimum Gasteiger partial charge on any atom is -0.310 e. The van der Waals surface area contributed by atoms with Gasteiger partial charge in [-0.3, -0.25) is 4.79 Å². The van der Waals surface area contributed by atoms with E-state index >= 15 is 0 Å². The molecule has 146 valence electrons. The monoisotopic (exact) mass is 368 g/mol. The van der Waals surface area contributed by atoms with Crippen LogP contribution in [0.1, 0.15) is 46.5 Å². The molecule has 2 heterocycles. The van der Waals surface area contributed by atoms with Gasteiger partial charge >= 0.3 is 0 Å². The van der Waals surface area contributed by atoms with Crippen molar-refractivity contribution in [1.29, 1.82) is 0 Å². The fourth-order valence-electron chi connectivity index (χ4n) is 3.69. The first-order valence-corrected chi connectivity index (χ1v) is 9.97. The molecule has 2 aromatic rings. The first kappa shape index (κ1) is 19.6. The number of nitrogens with one attached hydrogen (secondary N) is 1. The summed E-state index contributed by atoms with van der Waals surface area (Å²) in [6.45, 7) is 8.58. The number of hydrogen-bond acceptors (Lipinski definition) is 3. The molecule has 1 aliphatic rings. The van der Waals surface area contributed by atoms with E-state index in [1.165, 1.54) is 12.8 Å². The molecule has 1 N–H and O–H groups in total. The highest BCUT2D eigenvalue weighted by atomic mass is 16.1. The molecule has 5 heteroatoms. The van der Waals surface area contributed by atoms with E-state index < -0.39 is 0 Å². The molecule has 5 nitrogen and oxygen atoms in total. The van der Waals surface area contributed by atoms with E-state index in [0.29, 0.717) is 12.3 Å². The summed E-state index contributed by atoms with van der Waals surface area (Å²) in [7, 11) is 2.17. The number of carbonyl (C=O) groups excluding carboxylic acids is 1. The van der Waals surface area contributed by atoms with Gasteiger partial charge in [0.2, 0.25) is 5.91 Å². The molecule has 1 aromatic carbocycles. The third-order valence-corrected chi connectivity index (χ3v) is 5.37. The largest absolute Gasteiger partial charge is 0.310 e. The molecule has 1 aliphatic heterocycles. The van der Waals surface area contributed by atoms with Crippen LogP contribution in [0.15, 0.2) is 36.5 Å². The molecule has 1 saturated heterocycles. The summed E-state index contributed by atoms with van der Waals surface area (Å²) in [5.74, 6) is 1.53. The van der Waals surface area contributed by atoms with Gasteiger partial charge < -0.3 is 10.2 Å². The maximum Gasteiger partial charge on any atom is 0.225 e. The minimum atomic E-state index is -0.205. The fourth-order valence-corrected chi connectivity index (χ4v) is 3.69. The summed E-state index contributed by atoms with van der Waals surface area (Å²) < 4.78 is 1.92. The van der Waals surface area contributed by atoms with Gasteiger partial charge in [0, 0.05) is 12.0 Å². The lowest BCUT2D eigenvalue weighted by atomic mass is 9.92. The SMILES string of the molecule is CN1CCC(CCC(=O)Nc2c(-c3ccccc3)cnn2C(C)(C)C)CC1. The van der Waals surface area contributed by atoms with Crippen molar-refractivity contribution in [1.82, 2.24) is 14.7 Å². The molecule has 1 amide bonds. The van der Waals surface area contributed by atoms with Crippen LogP contribution in [-0.4, -0.2) is 40.7 Å². The van der Waals surface area contributed by atoms with Crippen LogP contribution in [0.5, 0.6) is 0 Å². The van der Waals surface area contributed by atoms with Crippen molar-refractivity contribution in [3.63, 3.8) is 0 Å². The number of likely N-dealkylation sites (tertiary alicyclic amines) is 1. The summed E-state index contributed by atoms with van der Waals surface area (Å²) in [4.78, 5) is 15.1. The number of rotatable bonds is 5. The van der Waals surface area contributed by atoms with Gasteiger partial charge in [-0.15, -0.1) is 0 Å². The normalized spacial score (nSPS) is 16.4. The maximum atomic E-state index is 12.7. The van der Waals surface area contributed by atoms with Crippen molar-refractivity contribution in [3.8, 4) is 11.1 Å². The van der Waals surface area contributed by atoms with Crippen molar-refractivity contribution in [2.24, 2.45) is 5.92 Å². The zero-order chi connectivity index (χ0) is 19.4. The highest BCUT2D eigenvalue weighted by molar-refractivity contribution is 5.94. The standard InChI is InChI=1S/C22H32N4O/c1-22(2,3)26-21(19(16-23-26)18-8-6-5-7-9-18)24-20(27)11-10-17-12-14-25(4)15-13-17/h5-9,16-17H,10-15H2,1-4H3,(H,24,27). The molecule has 0 spiro atoms. The Morgan fingerprint density at radius 1 is 1.19 bits per heavy atom. The van der Waals surface area contributed by atoms with E-state index in [0.717, 1.165) is 36.5 Å². The Bertz CT molecular complexity index is 752. The van der Waals surface area contributed by atoms with Gasteiger partial charge in [0.15, 0.2) is 0 Å². The average molecular weight is 369 g/mol. The molecule has 1 aromatic heterocycles. The molecule has 27 heavy (non-hydrogen) atoms. The maximum absolute atomic E-state index is 12.7. The summed E-state index contributed by atoms with van der Waals surface area (Å²) in [6.07, 6.45) is 5.77. The molecule has 3 rings (SSSR count). The van der Waals surface area contributed by atoms with E-state index in [4.69, 9.17) is 0 Å². The summed E-state index contributed by atoms with van der Waals surface area (Å²) >= 11 is 0. The Kier molecular flexibility index (Phi) is 6.00. The number of hydrogen-bond donors (Lipinski definition) is 1. The van der Waals surface area contributed by atoms with Gasteiger partial charge in [-0.1, -0.05) is 30.3 Å². The second-order valence-electron chi connectivity index (χ2n) is 8.69. The molecule has 0 radical (unpaired) electrons. The lowest BCUT2D eigenvalue weighted by Crippen LogP contribution is -2.31. The van der Waals surface area contributed by atoms with Crippen LogP contribution < -0.4 is 5.32 Å².